The van der Waals surface area contributed by atoms with Crippen LogP contribution in [0.25, 0.3) is 0 Å². The van der Waals surface area contributed by atoms with Gasteiger partial charge in [0, 0.05) is 27.9 Å². The SMILES string of the molecule is NC(=O)c1c(C2NC3C=CC=CC3S2)ccc[n+]1CC(=O)c1ccc(Cl)cc1Cl.[Br-]. The molecular weight excluding hydrogens is 509 g/mol. The number of ketones is 1. The van der Waals surface area contributed by atoms with E-state index in [2.05, 4.69) is 17.5 Å². The lowest BCUT2D eigenvalue weighted by Crippen LogP contribution is -3.00. The third-order valence-corrected chi connectivity index (χ3v) is 6.86. The molecule has 0 radical (unpaired) electrons. The highest BCUT2D eigenvalue weighted by molar-refractivity contribution is 8.00. The number of nitrogens with zero attached hydrogens (tertiary/aromatic N) is 1. The molecule has 1 fully saturated rings. The summed E-state index contributed by atoms with van der Waals surface area (Å²) >= 11 is 13.8. The average Bonchev–Trinajstić information content (AvgIpc) is 3.11. The van der Waals surface area contributed by atoms with Gasteiger partial charge in [0.2, 0.25) is 12.3 Å². The Morgan fingerprint density at radius 2 is 1.93 bits per heavy atom. The van der Waals surface area contributed by atoms with Crippen LogP contribution in [0.15, 0.2) is 60.8 Å². The van der Waals surface area contributed by atoms with Crippen LogP contribution in [-0.4, -0.2) is 23.0 Å². The minimum atomic E-state index is -0.584. The van der Waals surface area contributed by atoms with Crippen molar-refractivity contribution in [3.8, 4) is 0 Å². The zero-order valence-electron chi connectivity index (χ0n) is 15.6. The number of halogens is 3. The summed E-state index contributed by atoms with van der Waals surface area (Å²) < 4.78 is 1.58. The molecule has 0 bridgehead atoms. The summed E-state index contributed by atoms with van der Waals surface area (Å²) in [4.78, 5) is 25.1. The smallest absolute Gasteiger partial charge is 0.313 e. The number of nitrogens with two attached hydrogens (primary N) is 1. The topological polar surface area (TPSA) is 76.1 Å². The van der Waals surface area contributed by atoms with Crippen molar-refractivity contribution in [3.05, 3.63) is 87.7 Å². The maximum atomic E-state index is 12.8. The van der Waals surface area contributed by atoms with Crippen LogP contribution in [0.5, 0.6) is 0 Å². The fourth-order valence-electron chi connectivity index (χ4n) is 3.55. The number of benzene rings is 1. The number of hydrogen-bond acceptors (Lipinski definition) is 4. The molecule has 3 atom stereocenters. The number of carbonyl (C=O) groups is 2. The standard InChI is InChI=1S/C21H17Cl2N3O2S.BrH/c22-12-7-8-13(15(23)10-12)17(27)11-26-9-3-4-14(19(26)20(24)28)21-25-16-5-1-2-6-18(16)29-21;/h1-10,16,18,21,25H,11H2,(H-,24,28);1H. The number of rotatable bonds is 5. The second-order valence-corrected chi connectivity index (χ2v) is 8.93. The molecule has 1 aliphatic heterocycles. The molecule has 156 valence electrons. The molecule has 1 saturated heterocycles. The van der Waals surface area contributed by atoms with Gasteiger partial charge in [0.05, 0.1) is 16.0 Å². The molecule has 1 aliphatic carbocycles. The highest BCUT2D eigenvalue weighted by Gasteiger charge is 2.37. The molecule has 0 saturated carbocycles. The van der Waals surface area contributed by atoms with E-state index in [9.17, 15) is 9.59 Å². The lowest BCUT2D eigenvalue weighted by molar-refractivity contribution is -0.685. The van der Waals surface area contributed by atoms with E-state index in [0.717, 1.165) is 5.56 Å². The molecule has 2 aliphatic rings. The van der Waals surface area contributed by atoms with Gasteiger partial charge in [0.15, 0.2) is 6.20 Å². The lowest BCUT2D eigenvalue weighted by Gasteiger charge is -2.14. The first-order valence-corrected chi connectivity index (χ1v) is 10.7. The van der Waals surface area contributed by atoms with Crippen molar-refractivity contribution < 1.29 is 31.1 Å². The minimum Gasteiger partial charge on any atom is -1.00 e. The number of allylic oxidation sites excluding steroid dienone is 2. The number of Topliss-reactive ketones (excluding diaryl/α,β-unsaturated/α-hetero) is 1. The first-order chi connectivity index (χ1) is 13.9. The number of thioether (sulfide) groups is 1. The van der Waals surface area contributed by atoms with E-state index in [-0.39, 0.29) is 51.0 Å². The van der Waals surface area contributed by atoms with Gasteiger partial charge in [-0.15, -0.1) is 11.8 Å². The molecule has 9 heteroatoms. The predicted octanol–water partition coefficient (Wildman–Crippen LogP) is 0.465. The fraction of sp³-hybridized carbons (Fsp3) is 0.190. The van der Waals surface area contributed by atoms with Gasteiger partial charge in [-0.25, -0.2) is 0 Å². The monoisotopic (exact) mass is 525 g/mol. The number of amides is 1. The van der Waals surface area contributed by atoms with Gasteiger partial charge in [-0.1, -0.05) is 47.5 Å². The van der Waals surface area contributed by atoms with Crippen molar-refractivity contribution >= 4 is 46.7 Å². The summed E-state index contributed by atoms with van der Waals surface area (Å²) in [6.07, 6.45) is 9.94. The van der Waals surface area contributed by atoms with Gasteiger partial charge in [-0.3, -0.25) is 14.9 Å². The highest BCUT2D eigenvalue weighted by Crippen LogP contribution is 2.40. The van der Waals surface area contributed by atoms with Crippen molar-refractivity contribution in [2.24, 2.45) is 5.73 Å². The van der Waals surface area contributed by atoms with E-state index in [1.165, 1.54) is 6.07 Å². The Morgan fingerprint density at radius 1 is 1.17 bits per heavy atom. The third-order valence-electron chi connectivity index (χ3n) is 4.89. The molecule has 1 amide bonds. The Balaban J connectivity index is 0.00000256. The van der Waals surface area contributed by atoms with Gasteiger partial charge < -0.3 is 22.7 Å². The summed E-state index contributed by atoms with van der Waals surface area (Å²) in [5.74, 6) is -0.818. The molecule has 1 aromatic heterocycles. The first kappa shape index (κ1) is 23.0. The normalized spacial score (nSPS) is 21.7. The molecule has 2 heterocycles. The van der Waals surface area contributed by atoms with Crippen molar-refractivity contribution in [1.29, 1.82) is 0 Å². The van der Waals surface area contributed by atoms with Crippen molar-refractivity contribution in [2.45, 2.75) is 23.2 Å². The van der Waals surface area contributed by atoms with Crippen LogP contribution in [0.3, 0.4) is 0 Å². The van der Waals surface area contributed by atoms with Crippen LogP contribution in [-0.2, 0) is 6.54 Å². The third kappa shape index (κ3) is 4.65. The summed E-state index contributed by atoms with van der Waals surface area (Å²) in [6.45, 7) is -0.0580. The van der Waals surface area contributed by atoms with Crippen LogP contribution in [0.1, 0.15) is 31.8 Å². The second kappa shape index (κ2) is 9.66. The van der Waals surface area contributed by atoms with Crippen molar-refractivity contribution in [3.63, 3.8) is 0 Å². The molecule has 5 nitrogen and oxygen atoms in total. The number of hydrogen-bond donors (Lipinski definition) is 2. The Kier molecular flexibility index (Phi) is 7.42. The van der Waals surface area contributed by atoms with Crippen molar-refractivity contribution in [1.82, 2.24) is 5.32 Å². The Labute approximate surface area is 199 Å². The quantitative estimate of drug-likeness (QED) is 0.438. The van der Waals surface area contributed by atoms with Gasteiger partial charge in [-0.2, -0.15) is 4.57 Å². The largest absolute Gasteiger partial charge is 1.00 e. The van der Waals surface area contributed by atoms with Gasteiger partial charge in [-0.05, 0) is 24.3 Å². The molecule has 0 spiro atoms. The summed E-state index contributed by atoms with van der Waals surface area (Å²) in [5, 5.41) is 4.42. The second-order valence-electron chi connectivity index (χ2n) is 6.79. The Hall–Kier alpha value is -1.64. The fourth-order valence-corrected chi connectivity index (χ4v) is 5.47. The lowest BCUT2D eigenvalue weighted by atomic mass is 10.1. The molecule has 30 heavy (non-hydrogen) atoms. The molecule has 3 unspecified atom stereocenters. The first-order valence-electron chi connectivity index (χ1n) is 9.01. The Bertz CT molecular complexity index is 1040. The summed E-state index contributed by atoms with van der Waals surface area (Å²) in [7, 11) is 0. The van der Waals surface area contributed by atoms with Crippen LogP contribution >= 0.6 is 35.0 Å². The number of nitrogens with one attached hydrogen (secondary N) is 1. The molecular formula is C21H18BrCl2N3O2S. The van der Waals surface area contributed by atoms with Gasteiger partial charge in [0.25, 0.3) is 5.69 Å². The van der Waals surface area contributed by atoms with Gasteiger partial charge >= 0.3 is 5.91 Å². The van der Waals surface area contributed by atoms with Crippen molar-refractivity contribution in [2.75, 3.05) is 0 Å². The maximum Gasteiger partial charge on any atom is 0.313 e. The van der Waals surface area contributed by atoms with E-state index < -0.39 is 5.91 Å². The predicted molar refractivity (Wildman–Crippen MR) is 115 cm³/mol. The number of carbonyl (C=O) groups excluding carboxylic acids is 2. The van der Waals surface area contributed by atoms with Crippen LogP contribution < -0.4 is 32.6 Å². The molecule has 3 N–H and O–H groups in total. The number of primary amides is 1. The zero-order valence-corrected chi connectivity index (χ0v) is 19.5. The zero-order chi connectivity index (χ0) is 20.5. The van der Waals surface area contributed by atoms with E-state index in [1.807, 2.05) is 24.3 Å². The average molecular weight is 527 g/mol. The maximum absolute atomic E-state index is 12.8. The van der Waals surface area contributed by atoms with Gasteiger partial charge in [0.1, 0.15) is 0 Å². The number of pyridine rings is 1. The molecule has 2 aromatic rings. The minimum absolute atomic E-state index is 0. The van der Waals surface area contributed by atoms with E-state index in [1.54, 1.807) is 34.7 Å². The number of fused-ring (bicyclic) bond motifs is 1. The van der Waals surface area contributed by atoms with Crippen LogP contribution in [0, 0.1) is 0 Å². The highest BCUT2D eigenvalue weighted by atomic mass is 79.9. The van der Waals surface area contributed by atoms with E-state index >= 15 is 0 Å². The Morgan fingerprint density at radius 3 is 2.63 bits per heavy atom. The molecule has 1 aromatic carbocycles. The summed E-state index contributed by atoms with van der Waals surface area (Å²) in [5.41, 5.74) is 7.13. The molecule has 4 rings (SSSR count). The number of aromatic nitrogens is 1. The van der Waals surface area contributed by atoms with E-state index in [0.29, 0.717) is 16.3 Å². The van der Waals surface area contributed by atoms with Crippen LogP contribution in [0.2, 0.25) is 10.0 Å². The summed E-state index contributed by atoms with van der Waals surface area (Å²) in [6, 6.07) is 8.59. The van der Waals surface area contributed by atoms with E-state index in [4.69, 9.17) is 28.9 Å². The van der Waals surface area contributed by atoms with Crippen LogP contribution in [0.4, 0.5) is 0 Å².